The van der Waals surface area contributed by atoms with Crippen LogP contribution in [0.25, 0.3) is 11.1 Å². The zero-order valence-corrected chi connectivity index (χ0v) is 16.7. The summed E-state index contributed by atoms with van der Waals surface area (Å²) in [5.41, 5.74) is 10.0. The van der Waals surface area contributed by atoms with Crippen LogP contribution in [0.4, 0.5) is 5.69 Å². The molecule has 144 valence electrons. The topological polar surface area (TPSA) is 62.5 Å². The third-order valence-electron chi connectivity index (χ3n) is 5.90. The number of amides is 1. The number of anilines is 1. The van der Waals surface area contributed by atoms with Gasteiger partial charge < -0.3 is 15.5 Å². The van der Waals surface area contributed by atoms with Crippen LogP contribution in [0, 0.1) is 11.8 Å². The van der Waals surface area contributed by atoms with Gasteiger partial charge in [0, 0.05) is 56.9 Å². The Hall–Kier alpha value is -2.11. The monoisotopic (exact) mass is 386 g/mol. The maximum atomic E-state index is 13.0. The van der Waals surface area contributed by atoms with Crippen LogP contribution in [-0.2, 0) is 0 Å². The van der Waals surface area contributed by atoms with Gasteiger partial charge in [0.15, 0.2) is 0 Å². The van der Waals surface area contributed by atoms with Crippen molar-refractivity contribution in [3.63, 3.8) is 0 Å². The number of hydrogen-bond donors (Lipinski definition) is 1. The average molecular weight is 387 g/mol. The van der Waals surface area contributed by atoms with Gasteiger partial charge in [0.2, 0.25) is 0 Å². The number of likely N-dealkylation sites (tertiary alicyclic amines) is 1. The highest BCUT2D eigenvalue weighted by atomic mass is 35.5. The fraction of sp³-hybridized carbons (Fsp3) is 0.429. The Bertz CT molecular complexity index is 808. The molecular weight excluding hydrogens is 360 g/mol. The van der Waals surface area contributed by atoms with Gasteiger partial charge >= 0.3 is 0 Å². The van der Waals surface area contributed by atoms with E-state index in [1.54, 1.807) is 6.20 Å². The molecule has 27 heavy (non-hydrogen) atoms. The van der Waals surface area contributed by atoms with E-state index in [0.29, 0.717) is 17.4 Å². The number of fused-ring (bicyclic) bond motifs is 1. The highest BCUT2D eigenvalue weighted by molar-refractivity contribution is 5.95. The second-order valence-corrected chi connectivity index (χ2v) is 7.78. The van der Waals surface area contributed by atoms with E-state index < -0.39 is 0 Å². The Labute approximate surface area is 167 Å². The normalized spacial score (nSPS) is 23.7. The maximum Gasteiger partial charge on any atom is 0.255 e. The van der Waals surface area contributed by atoms with E-state index in [1.165, 1.54) is 0 Å². The van der Waals surface area contributed by atoms with Crippen molar-refractivity contribution in [2.45, 2.75) is 18.9 Å². The summed E-state index contributed by atoms with van der Waals surface area (Å²) in [6.07, 6.45) is 5.73. The molecule has 6 heteroatoms. The van der Waals surface area contributed by atoms with Crippen molar-refractivity contribution in [1.82, 2.24) is 9.88 Å². The first-order valence-electron chi connectivity index (χ1n) is 9.30. The number of carbonyl (C=O) groups is 1. The summed E-state index contributed by atoms with van der Waals surface area (Å²) in [7, 11) is 4.04. The zero-order chi connectivity index (χ0) is 18.3. The zero-order valence-electron chi connectivity index (χ0n) is 15.8. The van der Waals surface area contributed by atoms with Gasteiger partial charge in [-0.05, 0) is 48.4 Å². The fourth-order valence-electron chi connectivity index (χ4n) is 4.32. The van der Waals surface area contributed by atoms with Crippen LogP contribution in [0.15, 0.2) is 42.7 Å². The van der Waals surface area contributed by atoms with E-state index in [-0.39, 0.29) is 24.4 Å². The molecule has 4 rings (SSSR count). The predicted molar refractivity (Wildman–Crippen MR) is 111 cm³/mol. The number of halogens is 1. The van der Waals surface area contributed by atoms with E-state index in [9.17, 15) is 4.79 Å². The van der Waals surface area contributed by atoms with Crippen molar-refractivity contribution in [2.75, 3.05) is 32.1 Å². The number of nitrogens with zero attached hydrogens (tertiary/aromatic N) is 3. The molecule has 3 atom stereocenters. The van der Waals surface area contributed by atoms with Crippen LogP contribution in [0.3, 0.4) is 0 Å². The van der Waals surface area contributed by atoms with Gasteiger partial charge in [-0.1, -0.05) is 12.1 Å². The lowest BCUT2D eigenvalue weighted by Crippen LogP contribution is -2.33. The van der Waals surface area contributed by atoms with Crippen LogP contribution >= 0.6 is 12.4 Å². The summed E-state index contributed by atoms with van der Waals surface area (Å²) >= 11 is 0. The summed E-state index contributed by atoms with van der Waals surface area (Å²) < 4.78 is 0. The number of carbonyl (C=O) groups excluding carboxylic acids is 1. The van der Waals surface area contributed by atoms with Crippen molar-refractivity contribution in [2.24, 2.45) is 17.6 Å². The second-order valence-electron chi connectivity index (χ2n) is 7.78. The average Bonchev–Trinajstić information content (AvgIpc) is 3.23. The molecular formula is C21H27ClN4O. The molecule has 1 saturated heterocycles. The molecule has 1 aliphatic heterocycles. The third kappa shape index (κ3) is 3.80. The number of rotatable bonds is 3. The van der Waals surface area contributed by atoms with Crippen molar-refractivity contribution < 1.29 is 4.79 Å². The lowest BCUT2D eigenvalue weighted by Gasteiger charge is -2.19. The van der Waals surface area contributed by atoms with Crippen molar-refractivity contribution in [3.05, 3.63) is 48.3 Å². The number of benzene rings is 1. The van der Waals surface area contributed by atoms with Gasteiger partial charge in [-0.3, -0.25) is 9.78 Å². The van der Waals surface area contributed by atoms with Gasteiger partial charge in [-0.15, -0.1) is 12.4 Å². The number of nitrogens with two attached hydrogens (primary N) is 1. The minimum atomic E-state index is 0. The van der Waals surface area contributed by atoms with Crippen molar-refractivity contribution in [1.29, 1.82) is 0 Å². The quantitative estimate of drug-likeness (QED) is 0.880. The van der Waals surface area contributed by atoms with E-state index in [0.717, 1.165) is 42.7 Å². The van der Waals surface area contributed by atoms with Gasteiger partial charge in [-0.25, -0.2) is 0 Å². The van der Waals surface area contributed by atoms with E-state index in [4.69, 9.17) is 5.73 Å². The van der Waals surface area contributed by atoms with E-state index in [2.05, 4.69) is 34.1 Å². The van der Waals surface area contributed by atoms with E-state index >= 15 is 0 Å². The first-order chi connectivity index (χ1) is 12.5. The lowest BCUT2D eigenvalue weighted by molar-refractivity contribution is 0.0779. The maximum absolute atomic E-state index is 13.0. The van der Waals surface area contributed by atoms with E-state index in [1.807, 2.05) is 31.3 Å². The van der Waals surface area contributed by atoms with Crippen molar-refractivity contribution >= 4 is 24.0 Å². The molecule has 2 N–H and O–H groups in total. The minimum absolute atomic E-state index is 0. The fourth-order valence-corrected chi connectivity index (χ4v) is 4.32. The molecule has 0 spiro atoms. The van der Waals surface area contributed by atoms with Crippen LogP contribution in [-0.4, -0.2) is 49.0 Å². The summed E-state index contributed by atoms with van der Waals surface area (Å²) in [5, 5.41) is 0. The first kappa shape index (κ1) is 19.6. The van der Waals surface area contributed by atoms with Crippen molar-refractivity contribution in [3.8, 4) is 11.1 Å². The standard InChI is InChI=1S/C21H26N4O.ClH/c1-24(2)18-6-3-14(4-7-18)16-9-17(11-23-10-16)21(26)25-12-15-5-8-20(22)19(15)13-25;/h3-4,6-7,9-11,15,19-20H,5,8,12-13,22H2,1-2H3;1H. The van der Waals surface area contributed by atoms with Crippen LogP contribution in [0.5, 0.6) is 0 Å². The molecule has 0 radical (unpaired) electrons. The molecule has 0 bridgehead atoms. The molecule has 1 aromatic carbocycles. The van der Waals surface area contributed by atoms with Gasteiger partial charge in [0.25, 0.3) is 5.91 Å². The molecule has 1 amide bonds. The Morgan fingerprint density at radius 2 is 1.85 bits per heavy atom. The highest BCUT2D eigenvalue weighted by Gasteiger charge is 2.42. The van der Waals surface area contributed by atoms with Crippen LogP contribution < -0.4 is 10.6 Å². The summed E-state index contributed by atoms with van der Waals surface area (Å²) in [6, 6.07) is 10.5. The number of hydrogen-bond acceptors (Lipinski definition) is 4. The third-order valence-corrected chi connectivity index (χ3v) is 5.90. The van der Waals surface area contributed by atoms with Crippen LogP contribution in [0.1, 0.15) is 23.2 Å². The molecule has 1 aromatic heterocycles. The number of pyridine rings is 1. The highest BCUT2D eigenvalue weighted by Crippen LogP contribution is 2.37. The Balaban J connectivity index is 0.00000210. The summed E-state index contributed by atoms with van der Waals surface area (Å²) in [4.78, 5) is 21.3. The largest absolute Gasteiger partial charge is 0.378 e. The molecule has 5 nitrogen and oxygen atoms in total. The molecule has 1 saturated carbocycles. The van der Waals surface area contributed by atoms with Crippen LogP contribution in [0.2, 0.25) is 0 Å². The Kier molecular flexibility index (Phi) is 5.72. The Morgan fingerprint density at radius 3 is 2.52 bits per heavy atom. The Morgan fingerprint density at radius 1 is 1.11 bits per heavy atom. The molecule has 2 fully saturated rings. The molecule has 2 heterocycles. The van der Waals surface area contributed by atoms with Gasteiger partial charge in [0.1, 0.15) is 0 Å². The first-order valence-corrected chi connectivity index (χ1v) is 9.30. The molecule has 2 aliphatic rings. The van der Waals surface area contributed by atoms with Gasteiger partial charge in [-0.2, -0.15) is 0 Å². The molecule has 1 aliphatic carbocycles. The minimum Gasteiger partial charge on any atom is -0.378 e. The molecule has 2 aromatic rings. The smallest absolute Gasteiger partial charge is 0.255 e. The predicted octanol–water partition coefficient (Wildman–Crippen LogP) is 3.05. The lowest BCUT2D eigenvalue weighted by atomic mass is 9.98. The molecule has 3 unspecified atom stereocenters. The second kappa shape index (κ2) is 7.87. The SMILES string of the molecule is CN(C)c1ccc(-c2cncc(C(=O)N3CC4CCC(N)C4C3)c2)cc1.Cl. The summed E-state index contributed by atoms with van der Waals surface area (Å²) in [6.45, 7) is 1.62. The van der Waals surface area contributed by atoms with Gasteiger partial charge in [0.05, 0.1) is 5.56 Å². The number of aromatic nitrogens is 1. The summed E-state index contributed by atoms with van der Waals surface area (Å²) in [5.74, 6) is 1.11.